The van der Waals surface area contributed by atoms with E-state index in [1.807, 2.05) is 0 Å². The van der Waals surface area contributed by atoms with E-state index >= 15 is 0 Å². The Bertz CT molecular complexity index is 88.4. The van der Waals surface area contributed by atoms with Crippen LogP contribution in [0.5, 0.6) is 0 Å². The fourth-order valence-corrected chi connectivity index (χ4v) is 0.569. The average Bonchev–Trinajstić information content (AvgIpc) is 2.17. The Labute approximate surface area is 91.1 Å². The van der Waals surface area contributed by atoms with Gasteiger partial charge in [-0.3, -0.25) is 4.79 Å². The maximum atomic E-state index is 9.85. The zero-order valence-electron chi connectivity index (χ0n) is 4.05. The van der Waals surface area contributed by atoms with Gasteiger partial charge in [-0.05, 0) is 18.8 Å². The number of aliphatic carboxylic acids is 1. The van der Waals surface area contributed by atoms with Crippen molar-refractivity contribution in [1.82, 2.24) is 0 Å². The molecule has 1 fully saturated rings. The van der Waals surface area contributed by atoms with Crippen LogP contribution in [-0.2, 0) is 4.79 Å². The molecule has 0 aromatic heterocycles. The Morgan fingerprint density at radius 2 is 2.12 bits per heavy atom. The number of hydrogen-bond donors (Lipinski definition) is 1. The number of rotatable bonds is 2. The first-order chi connectivity index (χ1) is 3.29. The van der Waals surface area contributed by atoms with Crippen LogP contribution in [0.15, 0.2) is 0 Å². The number of carboxylic acid groups (broad SMARTS) is 1. The van der Waals surface area contributed by atoms with Crippen molar-refractivity contribution in [2.45, 2.75) is 19.3 Å². The van der Waals surface area contributed by atoms with Crippen molar-refractivity contribution in [1.29, 1.82) is 0 Å². The maximum absolute atomic E-state index is 9.85. The van der Waals surface area contributed by atoms with Crippen LogP contribution in [0.3, 0.4) is 0 Å². The summed E-state index contributed by atoms with van der Waals surface area (Å²) >= 11 is 0. The van der Waals surface area contributed by atoms with Gasteiger partial charge in [0.1, 0.15) is 0 Å². The van der Waals surface area contributed by atoms with E-state index in [0.29, 0.717) is 12.3 Å². The summed E-state index contributed by atoms with van der Waals surface area (Å²) < 4.78 is 0. The zero-order chi connectivity index (χ0) is 5.28. The summed E-state index contributed by atoms with van der Waals surface area (Å²) in [6.45, 7) is 0. The minimum atomic E-state index is -0.650. The predicted molar refractivity (Wildman–Crippen MR) is 32.1 cm³/mol. The molecule has 0 atom stereocenters. The van der Waals surface area contributed by atoms with E-state index in [2.05, 4.69) is 0 Å². The van der Waals surface area contributed by atoms with Gasteiger partial charge < -0.3 is 5.11 Å². The normalized spacial score (nSPS) is 17.0. The Hall–Kier alpha value is 1.11. The summed E-state index contributed by atoms with van der Waals surface area (Å²) in [5, 5.41) is 8.12. The van der Waals surface area contributed by atoms with E-state index in [0.717, 1.165) is 12.8 Å². The molecule has 1 rings (SSSR count). The second-order valence-corrected chi connectivity index (χ2v) is 2.04. The van der Waals surface area contributed by atoms with E-state index in [4.69, 9.17) is 5.11 Å². The average molecular weight is 140 g/mol. The van der Waals surface area contributed by atoms with Gasteiger partial charge in [0.25, 0.3) is 0 Å². The molecule has 0 aromatic carbocycles. The van der Waals surface area contributed by atoms with Gasteiger partial charge in [-0.2, -0.15) is 0 Å². The molecular formula is C5H9KO2. The molecule has 0 spiro atoms. The zero-order valence-corrected chi connectivity index (χ0v) is 4.05. The third-order valence-corrected chi connectivity index (χ3v) is 1.16. The molecular weight excluding hydrogens is 131 g/mol. The van der Waals surface area contributed by atoms with Gasteiger partial charge in [0.15, 0.2) is 0 Å². The minimum absolute atomic E-state index is 0. The van der Waals surface area contributed by atoms with Crippen LogP contribution in [0.25, 0.3) is 0 Å². The molecule has 42 valence electrons. The number of carbonyl (C=O) groups is 1. The van der Waals surface area contributed by atoms with Gasteiger partial charge in [0.05, 0.1) is 0 Å². The molecule has 1 saturated carbocycles. The van der Waals surface area contributed by atoms with Crippen molar-refractivity contribution in [3.8, 4) is 0 Å². The SMILES string of the molecule is O=C(O)CC1CC1.[KH]. The first-order valence-electron chi connectivity index (χ1n) is 2.51. The fraction of sp³-hybridized carbons (Fsp3) is 0.800. The second kappa shape index (κ2) is 4.01. The molecule has 0 unspecified atom stereocenters. The summed E-state index contributed by atoms with van der Waals surface area (Å²) in [6.07, 6.45) is 2.65. The third-order valence-electron chi connectivity index (χ3n) is 1.16. The van der Waals surface area contributed by atoms with Crippen molar-refractivity contribution in [3.05, 3.63) is 0 Å². The van der Waals surface area contributed by atoms with Crippen molar-refractivity contribution in [3.63, 3.8) is 0 Å². The van der Waals surface area contributed by atoms with Gasteiger partial charge in [-0.1, -0.05) is 0 Å². The summed E-state index contributed by atoms with van der Waals surface area (Å²) in [7, 11) is 0. The molecule has 2 nitrogen and oxygen atoms in total. The first-order valence-corrected chi connectivity index (χ1v) is 2.51. The van der Waals surface area contributed by atoms with Crippen molar-refractivity contribution >= 4 is 57.4 Å². The molecule has 0 saturated heterocycles. The van der Waals surface area contributed by atoms with E-state index in [1.54, 1.807) is 0 Å². The van der Waals surface area contributed by atoms with E-state index < -0.39 is 5.97 Å². The van der Waals surface area contributed by atoms with Gasteiger partial charge in [0, 0.05) is 6.42 Å². The molecule has 1 N–H and O–H groups in total. The van der Waals surface area contributed by atoms with E-state index in [1.165, 1.54) is 0 Å². The Morgan fingerprint density at radius 3 is 2.25 bits per heavy atom. The molecule has 0 radical (unpaired) electrons. The quantitative estimate of drug-likeness (QED) is 0.557. The molecule has 0 amide bonds. The van der Waals surface area contributed by atoms with Crippen LogP contribution in [0.4, 0.5) is 0 Å². The summed E-state index contributed by atoms with van der Waals surface area (Å²) in [5.41, 5.74) is 0. The molecule has 8 heavy (non-hydrogen) atoms. The van der Waals surface area contributed by atoms with Crippen molar-refractivity contribution in [2.75, 3.05) is 0 Å². The molecule has 0 bridgehead atoms. The second-order valence-electron chi connectivity index (χ2n) is 2.04. The van der Waals surface area contributed by atoms with Crippen LogP contribution in [0, 0.1) is 5.92 Å². The summed E-state index contributed by atoms with van der Waals surface area (Å²) in [4.78, 5) is 9.85. The van der Waals surface area contributed by atoms with Crippen LogP contribution in [0.1, 0.15) is 19.3 Å². The van der Waals surface area contributed by atoms with Gasteiger partial charge in [-0.25, -0.2) is 0 Å². The number of hydrogen-bond acceptors (Lipinski definition) is 1. The predicted octanol–water partition coefficient (Wildman–Crippen LogP) is 0.223. The Balaban J connectivity index is 0.000000490. The van der Waals surface area contributed by atoms with Crippen LogP contribution in [0.2, 0.25) is 0 Å². The first kappa shape index (κ1) is 9.11. The van der Waals surface area contributed by atoms with Gasteiger partial charge in [0.2, 0.25) is 0 Å². The molecule has 1 aliphatic carbocycles. The van der Waals surface area contributed by atoms with Crippen molar-refractivity contribution < 1.29 is 9.90 Å². The standard InChI is InChI=1S/C5H8O2.K.H/c6-5(7)3-4-1-2-4;;/h4H,1-3H2,(H,6,7);;. The Kier molecular flexibility index (Phi) is 4.56. The van der Waals surface area contributed by atoms with Gasteiger partial charge in [-0.15, -0.1) is 0 Å². The van der Waals surface area contributed by atoms with E-state index in [9.17, 15) is 4.79 Å². The molecule has 0 aromatic rings. The topological polar surface area (TPSA) is 37.3 Å². The Morgan fingerprint density at radius 1 is 1.62 bits per heavy atom. The third kappa shape index (κ3) is 4.03. The summed E-state index contributed by atoms with van der Waals surface area (Å²) in [6, 6.07) is 0. The molecule has 0 heterocycles. The fourth-order valence-electron chi connectivity index (χ4n) is 0.569. The van der Waals surface area contributed by atoms with E-state index in [-0.39, 0.29) is 51.4 Å². The summed E-state index contributed by atoms with van der Waals surface area (Å²) in [5.74, 6) is -0.125. The molecule has 0 aliphatic heterocycles. The van der Waals surface area contributed by atoms with Crippen LogP contribution >= 0.6 is 0 Å². The van der Waals surface area contributed by atoms with Crippen LogP contribution < -0.4 is 0 Å². The molecule has 3 heteroatoms. The van der Waals surface area contributed by atoms with Gasteiger partial charge >= 0.3 is 57.4 Å². The number of carboxylic acids is 1. The van der Waals surface area contributed by atoms with Crippen LogP contribution in [-0.4, -0.2) is 62.5 Å². The molecule has 1 aliphatic rings. The van der Waals surface area contributed by atoms with Crippen molar-refractivity contribution in [2.24, 2.45) is 5.92 Å². The monoisotopic (exact) mass is 140 g/mol.